The molecule has 3 aromatic carbocycles. The molecule has 0 saturated carbocycles. The number of carbonyl (C=O) groups excluding carboxylic acids is 2. The number of nitrogens with zero attached hydrogens (tertiary/aromatic N) is 4. The van der Waals surface area contributed by atoms with E-state index in [4.69, 9.17) is 4.42 Å². The molecule has 1 aliphatic heterocycles. The molecule has 1 aliphatic rings. The van der Waals surface area contributed by atoms with E-state index in [1.807, 2.05) is 31.2 Å². The van der Waals surface area contributed by atoms with Gasteiger partial charge in [-0.25, -0.2) is 8.78 Å². The minimum atomic E-state index is -0.897. The van der Waals surface area contributed by atoms with E-state index in [2.05, 4.69) is 10.2 Å². The zero-order valence-corrected chi connectivity index (χ0v) is 19.4. The van der Waals surface area contributed by atoms with Crippen LogP contribution in [0.5, 0.6) is 0 Å². The molecule has 1 saturated heterocycles. The summed E-state index contributed by atoms with van der Waals surface area (Å²) < 4.78 is 32.9. The zero-order valence-electron chi connectivity index (χ0n) is 19.4. The predicted octanol–water partition coefficient (Wildman–Crippen LogP) is 4.59. The second-order valence-electron chi connectivity index (χ2n) is 8.57. The number of benzene rings is 3. The fraction of sp³-hybridized carbons (Fsp3) is 0.185. The first-order valence-corrected chi connectivity index (χ1v) is 11.4. The highest BCUT2D eigenvalue weighted by Crippen LogP contribution is 2.25. The molecule has 0 spiro atoms. The van der Waals surface area contributed by atoms with E-state index in [1.54, 1.807) is 29.2 Å². The van der Waals surface area contributed by atoms with Gasteiger partial charge in [0.15, 0.2) is 0 Å². The van der Waals surface area contributed by atoms with Gasteiger partial charge in [0.05, 0.1) is 5.56 Å². The minimum absolute atomic E-state index is 0.174. The molecule has 5 rings (SSSR count). The number of rotatable bonds is 4. The Morgan fingerprint density at radius 2 is 1.42 bits per heavy atom. The summed E-state index contributed by atoms with van der Waals surface area (Å²) in [5.74, 6) is -1.56. The SMILES string of the molecule is Cc1cccc(-c2nnc(-c3ccc(C(=O)N4CCN(C(=O)c5ccc(F)cc5F)CC4)cc3)o2)c1. The third-order valence-corrected chi connectivity index (χ3v) is 6.08. The van der Waals surface area contributed by atoms with Crippen molar-refractivity contribution < 1.29 is 22.8 Å². The van der Waals surface area contributed by atoms with Crippen molar-refractivity contribution in [3.8, 4) is 22.9 Å². The first kappa shape index (κ1) is 23.3. The van der Waals surface area contributed by atoms with Crippen LogP contribution in [0.4, 0.5) is 8.78 Å². The van der Waals surface area contributed by atoms with Crippen LogP contribution in [0.25, 0.3) is 22.9 Å². The van der Waals surface area contributed by atoms with Gasteiger partial charge in [-0.2, -0.15) is 0 Å². The van der Waals surface area contributed by atoms with E-state index in [-0.39, 0.29) is 24.6 Å². The van der Waals surface area contributed by atoms with Crippen molar-refractivity contribution in [1.82, 2.24) is 20.0 Å². The van der Waals surface area contributed by atoms with Crippen LogP contribution in [0.1, 0.15) is 26.3 Å². The first-order valence-electron chi connectivity index (χ1n) is 11.4. The van der Waals surface area contributed by atoms with Gasteiger partial charge in [0.1, 0.15) is 11.6 Å². The van der Waals surface area contributed by atoms with Crippen molar-refractivity contribution in [2.24, 2.45) is 0 Å². The van der Waals surface area contributed by atoms with Crippen LogP contribution in [0.15, 0.2) is 71.1 Å². The van der Waals surface area contributed by atoms with Gasteiger partial charge in [-0.3, -0.25) is 9.59 Å². The highest BCUT2D eigenvalue weighted by molar-refractivity contribution is 5.96. The number of hydrogen-bond donors (Lipinski definition) is 0. The van der Waals surface area contributed by atoms with Crippen molar-refractivity contribution in [1.29, 1.82) is 0 Å². The zero-order chi connectivity index (χ0) is 25.2. The van der Waals surface area contributed by atoms with Crippen LogP contribution >= 0.6 is 0 Å². The highest BCUT2D eigenvalue weighted by Gasteiger charge is 2.27. The summed E-state index contributed by atoms with van der Waals surface area (Å²) in [6, 6.07) is 17.5. The number of carbonyl (C=O) groups is 2. The highest BCUT2D eigenvalue weighted by atomic mass is 19.1. The second-order valence-corrected chi connectivity index (χ2v) is 8.57. The largest absolute Gasteiger partial charge is 0.416 e. The number of hydrogen-bond acceptors (Lipinski definition) is 5. The summed E-state index contributed by atoms with van der Waals surface area (Å²) in [6.07, 6.45) is 0. The molecule has 2 amide bonds. The minimum Gasteiger partial charge on any atom is -0.416 e. The van der Waals surface area contributed by atoms with E-state index in [1.165, 1.54) is 4.90 Å². The van der Waals surface area contributed by atoms with Crippen molar-refractivity contribution in [2.75, 3.05) is 26.2 Å². The Morgan fingerprint density at radius 1 is 0.778 bits per heavy atom. The van der Waals surface area contributed by atoms with Gasteiger partial charge < -0.3 is 14.2 Å². The van der Waals surface area contributed by atoms with Crippen LogP contribution in [-0.4, -0.2) is 58.0 Å². The summed E-state index contributed by atoms with van der Waals surface area (Å²) in [5.41, 5.74) is 2.91. The summed E-state index contributed by atoms with van der Waals surface area (Å²) in [6.45, 7) is 3.10. The Balaban J connectivity index is 1.22. The number of amides is 2. The fourth-order valence-electron chi connectivity index (χ4n) is 4.12. The van der Waals surface area contributed by atoms with Gasteiger partial charge >= 0.3 is 0 Å². The maximum Gasteiger partial charge on any atom is 0.256 e. The fourth-order valence-corrected chi connectivity index (χ4v) is 4.12. The van der Waals surface area contributed by atoms with E-state index in [0.29, 0.717) is 42.1 Å². The molecule has 0 atom stereocenters. The molecule has 1 fully saturated rings. The normalized spacial score (nSPS) is 13.6. The van der Waals surface area contributed by atoms with Crippen molar-refractivity contribution in [3.63, 3.8) is 0 Å². The molecule has 0 radical (unpaired) electrons. The Bertz CT molecular complexity index is 1430. The van der Waals surface area contributed by atoms with Crippen molar-refractivity contribution in [3.05, 3.63) is 95.1 Å². The van der Waals surface area contributed by atoms with Crippen molar-refractivity contribution >= 4 is 11.8 Å². The summed E-state index contributed by atoms with van der Waals surface area (Å²) in [5, 5.41) is 8.24. The molecule has 4 aromatic rings. The molecule has 182 valence electrons. The van der Waals surface area contributed by atoms with Crippen LogP contribution in [0, 0.1) is 18.6 Å². The van der Waals surface area contributed by atoms with E-state index in [0.717, 1.165) is 23.3 Å². The van der Waals surface area contributed by atoms with E-state index in [9.17, 15) is 18.4 Å². The Morgan fingerprint density at radius 3 is 2.06 bits per heavy atom. The standard InChI is InChI=1S/C27H22F2N4O3/c1-17-3-2-4-20(15-17)25-31-30-24(36-25)18-5-7-19(8-6-18)26(34)32-11-13-33(14-12-32)27(35)22-10-9-21(28)16-23(22)29/h2-10,15-16H,11-14H2,1H3. The van der Waals surface area contributed by atoms with Crippen LogP contribution in [-0.2, 0) is 0 Å². The molecule has 0 aliphatic carbocycles. The lowest BCUT2D eigenvalue weighted by Gasteiger charge is -2.35. The molecule has 1 aromatic heterocycles. The maximum absolute atomic E-state index is 14.0. The average molecular weight is 488 g/mol. The first-order chi connectivity index (χ1) is 17.4. The third kappa shape index (κ3) is 4.72. The Labute approximate surface area is 206 Å². The van der Waals surface area contributed by atoms with Gasteiger partial charge in [0.2, 0.25) is 11.8 Å². The van der Waals surface area contributed by atoms with Gasteiger partial charge in [0, 0.05) is 48.9 Å². The quantitative estimate of drug-likeness (QED) is 0.420. The molecule has 2 heterocycles. The Kier molecular flexibility index (Phi) is 6.28. The second kappa shape index (κ2) is 9.69. The molecule has 0 N–H and O–H groups in total. The number of aryl methyl sites for hydroxylation is 1. The predicted molar refractivity (Wildman–Crippen MR) is 128 cm³/mol. The topological polar surface area (TPSA) is 79.5 Å². The maximum atomic E-state index is 14.0. The number of aromatic nitrogens is 2. The van der Waals surface area contributed by atoms with Gasteiger partial charge in [-0.1, -0.05) is 17.7 Å². The Hall–Kier alpha value is -4.40. The monoisotopic (exact) mass is 488 g/mol. The molecule has 36 heavy (non-hydrogen) atoms. The lowest BCUT2D eigenvalue weighted by molar-refractivity contribution is 0.0532. The summed E-state index contributed by atoms with van der Waals surface area (Å²) >= 11 is 0. The summed E-state index contributed by atoms with van der Waals surface area (Å²) in [7, 11) is 0. The van der Waals surface area contributed by atoms with Crippen LogP contribution < -0.4 is 0 Å². The molecule has 9 heteroatoms. The van der Waals surface area contributed by atoms with Crippen LogP contribution in [0.3, 0.4) is 0 Å². The lowest BCUT2D eigenvalue weighted by atomic mass is 10.1. The molecular formula is C27H22F2N4O3. The van der Waals surface area contributed by atoms with Gasteiger partial charge in [-0.05, 0) is 55.5 Å². The smallest absolute Gasteiger partial charge is 0.256 e. The van der Waals surface area contributed by atoms with E-state index < -0.39 is 17.5 Å². The summed E-state index contributed by atoms with van der Waals surface area (Å²) in [4.78, 5) is 28.7. The molecule has 0 bridgehead atoms. The van der Waals surface area contributed by atoms with Crippen LogP contribution in [0.2, 0.25) is 0 Å². The van der Waals surface area contributed by atoms with Gasteiger partial charge in [-0.15, -0.1) is 10.2 Å². The molecular weight excluding hydrogens is 466 g/mol. The average Bonchev–Trinajstić information content (AvgIpc) is 3.39. The molecule has 0 unspecified atom stereocenters. The number of halogens is 2. The number of piperazine rings is 1. The third-order valence-electron chi connectivity index (χ3n) is 6.08. The molecule has 7 nitrogen and oxygen atoms in total. The van der Waals surface area contributed by atoms with Crippen molar-refractivity contribution in [2.45, 2.75) is 6.92 Å². The lowest BCUT2D eigenvalue weighted by Crippen LogP contribution is -2.50. The van der Waals surface area contributed by atoms with Gasteiger partial charge in [0.25, 0.3) is 11.8 Å². The van der Waals surface area contributed by atoms with E-state index >= 15 is 0 Å².